The first-order valence-electron chi connectivity index (χ1n) is 3.50. The highest BCUT2D eigenvalue weighted by Crippen LogP contribution is 2.17. The van der Waals surface area contributed by atoms with E-state index >= 15 is 0 Å². The molecule has 1 heterocycles. The van der Waals surface area contributed by atoms with Crippen LogP contribution >= 0.6 is 0 Å². The number of carbonyl (C=O) groups excluding carboxylic acids is 2. The Morgan fingerprint density at radius 3 is 1.83 bits per heavy atom. The van der Waals surface area contributed by atoms with Gasteiger partial charge in [0.05, 0.1) is 0 Å². The van der Waals surface area contributed by atoms with E-state index in [4.69, 9.17) is 0 Å². The number of rotatable bonds is 0. The van der Waals surface area contributed by atoms with Crippen LogP contribution < -0.4 is 0 Å². The zero-order valence-electron chi connectivity index (χ0n) is 6.28. The monoisotopic (exact) mass is 160 g/mol. The van der Waals surface area contributed by atoms with Crippen LogP contribution in [0.1, 0.15) is 20.7 Å². The van der Waals surface area contributed by atoms with Gasteiger partial charge in [-0.15, -0.1) is 0 Å². The average Bonchev–Trinajstić information content (AvgIpc) is 2.33. The lowest BCUT2D eigenvalue weighted by molar-refractivity contribution is -0.313. The maximum Gasteiger partial charge on any atom is 0.428 e. The van der Waals surface area contributed by atoms with Crippen molar-refractivity contribution in [2.24, 2.45) is 0 Å². The SMILES string of the molecule is C=[N+]1C(=O)c2ccccc2C1=O. The standard InChI is InChI=1S/C9H6NO2/c1-10-8(11)6-4-2-3-5-7(6)9(10)12/h2-5H,1H2/q+1. The van der Waals surface area contributed by atoms with Crippen molar-refractivity contribution in [3.05, 3.63) is 35.4 Å². The summed E-state index contributed by atoms with van der Waals surface area (Å²) in [5.41, 5.74) is 0.884. The second-order valence-corrected chi connectivity index (χ2v) is 2.58. The van der Waals surface area contributed by atoms with Gasteiger partial charge in [0.25, 0.3) is 0 Å². The fourth-order valence-electron chi connectivity index (χ4n) is 1.24. The molecule has 1 aliphatic heterocycles. The van der Waals surface area contributed by atoms with Gasteiger partial charge in [0.1, 0.15) is 17.8 Å². The molecule has 0 saturated heterocycles. The third kappa shape index (κ3) is 0.676. The molecule has 1 aliphatic rings. The topological polar surface area (TPSA) is 37.1 Å². The van der Waals surface area contributed by atoms with Crippen molar-refractivity contribution in [3.8, 4) is 0 Å². The van der Waals surface area contributed by atoms with E-state index < -0.39 is 0 Å². The first kappa shape index (κ1) is 6.91. The van der Waals surface area contributed by atoms with Gasteiger partial charge in [-0.2, -0.15) is 0 Å². The summed E-state index contributed by atoms with van der Waals surface area (Å²) in [7, 11) is 0. The van der Waals surface area contributed by atoms with E-state index in [0.29, 0.717) is 11.1 Å². The van der Waals surface area contributed by atoms with Crippen LogP contribution in [0.2, 0.25) is 0 Å². The minimum atomic E-state index is -0.324. The van der Waals surface area contributed by atoms with Gasteiger partial charge < -0.3 is 0 Å². The minimum Gasteiger partial charge on any atom is -0.214 e. The quantitative estimate of drug-likeness (QED) is 0.413. The summed E-state index contributed by atoms with van der Waals surface area (Å²) in [6, 6.07) is 6.70. The van der Waals surface area contributed by atoms with E-state index in [1.54, 1.807) is 24.3 Å². The van der Waals surface area contributed by atoms with Gasteiger partial charge in [0.2, 0.25) is 0 Å². The Morgan fingerprint density at radius 1 is 1.00 bits per heavy atom. The number of carbonyl (C=O) groups is 2. The number of fused-ring (bicyclic) bond motifs is 1. The van der Waals surface area contributed by atoms with Crippen LogP contribution in [-0.4, -0.2) is 23.1 Å². The van der Waals surface area contributed by atoms with Crippen LogP contribution in [0.3, 0.4) is 0 Å². The molecule has 12 heavy (non-hydrogen) atoms. The highest BCUT2D eigenvalue weighted by atomic mass is 16.2. The molecular weight excluding hydrogens is 154 g/mol. The summed E-state index contributed by atoms with van der Waals surface area (Å²) in [6.45, 7) is 3.35. The molecule has 2 rings (SSSR count). The lowest BCUT2D eigenvalue weighted by Gasteiger charge is -1.83. The van der Waals surface area contributed by atoms with Gasteiger partial charge >= 0.3 is 11.8 Å². The number of nitrogens with zero attached hydrogens (tertiary/aromatic N) is 1. The molecule has 0 aliphatic carbocycles. The Hall–Kier alpha value is -1.77. The van der Waals surface area contributed by atoms with Crippen molar-refractivity contribution in [2.45, 2.75) is 0 Å². The van der Waals surface area contributed by atoms with Gasteiger partial charge in [0.15, 0.2) is 0 Å². The maximum absolute atomic E-state index is 11.2. The predicted octanol–water partition coefficient (Wildman–Crippen LogP) is 0.694. The van der Waals surface area contributed by atoms with Gasteiger partial charge in [0, 0.05) is 0 Å². The largest absolute Gasteiger partial charge is 0.428 e. The van der Waals surface area contributed by atoms with E-state index in [2.05, 4.69) is 6.72 Å². The molecule has 0 bridgehead atoms. The summed E-state index contributed by atoms with van der Waals surface area (Å²) in [5, 5.41) is 0. The summed E-state index contributed by atoms with van der Waals surface area (Å²) in [6.07, 6.45) is 0. The second-order valence-electron chi connectivity index (χ2n) is 2.58. The molecular formula is C9H6NO2+. The fourth-order valence-corrected chi connectivity index (χ4v) is 1.24. The Morgan fingerprint density at radius 2 is 1.42 bits per heavy atom. The molecule has 0 radical (unpaired) electrons. The highest BCUT2D eigenvalue weighted by Gasteiger charge is 2.39. The maximum atomic E-state index is 11.2. The Bertz CT molecular complexity index is 370. The number of benzene rings is 1. The van der Waals surface area contributed by atoms with Crippen LogP contribution in [0.5, 0.6) is 0 Å². The van der Waals surface area contributed by atoms with Crippen LogP contribution in [-0.2, 0) is 0 Å². The van der Waals surface area contributed by atoms with Crippen LogP contribution in [0.4, 0.5) is 0 Å². The molecule has 3 heteroatoms. The Balaban J connectivity index is 2.76. The van der Waals surface area contributed by atoms with Crippen molar-refractivity contribution in [2.75, 3.05) is 0 Å². The number of amides is 2. The van der Waals surface area contributed by atoms with Gasteiger partial charge in [-0.1, -0.05) is 16.7 Å². The Kier molecular flexibility index (Phi) is 1.21. The lowest BCUT2D eigenvalue weighted by atomic mass is 10.1. The zero-order valence-corrected chi connectivity index (χ0v) is 6.28. The van der Waals surface area contributed by atoms with Gasteiger partial charge in [-0.3, -0.25) is 0 Å². The van der Waals surface area contributed by atoms with E-state index in [1.807, 2.05) is 0 Å². The first-order valence-corrected chi connectivity index (χ1v) is 3.50. The normalized spacial score (nSPS) is 15.2. The molecule has 0 atom stereocenters. The Labute approximate surface area is 68.9 Å². The number of imide groups is 1. The van der Waals surface area contributed by atoms with Crippen molar-refractivity contribution < 1.29 is 14.2 Å². The van der Waals surface area contributed by atoms with Crippen LogP contribution in [0.25, 0.3) is 0 Å². The predicted molar refractivity (Wildman–Crippen MR) is 42.5 cm³/mol. The van der Waals surface area contributed by atoms with E-state index in [-0.39, 0.29) is 11.8 Å². The van der Waals surface area contributed by atoms with Crippen molar-refractivity contribution in [1.82, 2.24) is 0 Å². The summed E-state index contributed by atoms with van der Waals surface area (Å²) in [5.74, 6) is -0.647. The highest BCUT2D eigenvalue weighted by molar-refractivity contribution is 6.12. The van der Waals surface area contributed by atoms with Crippen LogP contribution in [0, 0.1) is 0 Å². The molecule has 58 valence electrons. The average molecular weight is 160 g/mol. The third-order valence-corrected chi connectivity index (χ3v) is 1.88. The molecule has 0 spiro atoms. The molecule has 3 nitrogen and oxygen atoms in total. The smallest absolute Gasteiger partial charge is 0.214 e. The molecule has 0 unspecified atom stereocenters. The molecule has 2 amide bonds. The van der Waals surface area contributed by atoms with Crippen LogP contribution in [0.15, 0.2) is 24.3 Å². The van der Waals surface area contributed by atoms with Crippen molar-refractivity contribution >= 4 is 18.5 Å². The molecule has 0 fully saturated rings. The van der Waals surface area contributed by atoms with E-state index in [1.165, 1.54) is 0 Å². The molecule has 1 aromatic carbocycles. The van der Waals surface area contributed by atoms with Crippen molar-refractivity contribution in [3.63, 3.8) is 0 Å². The fraction of sp³-hybridized carbons (Fsp3) is 0. The van der Waals surface area contributed by atoms with E-state index in [0.717, 1.165) is 4.58 Å². The number of hydrogen-bond acceptors (Lipinski definition) is 2. The molecule has 0 saturated carbocycles. The molecule has 0 N–H and O–H groups in total. The zero-order chi connectivity index (χ0) is 8.72. The van der Waals surface area contributed by atoms with Gasteiger partial charge in [-0.25, -0.2) is 9.59 Å². The molecule has 1 aromatic rings. The summed E-state index contributed by atoms with van der Waals surface area (Å²) >= 11 is 0. The molecule has 0 aromatic heterocycles. The second kappa shape index (κ2) is 2.11. The van der Waals surface area contributed by atoms with Crippen molar-refractivity contribution in [1.29, 1.82) is 0 Å². The summed E-state index contributed by atoms with van der Waals surface area (Å²) < 4.78 is 0.880. The third-order valence-electron chi connectivity index (χ3n) is 1.88. The first-order chi connectivity index (χ1) is 5.72. The van der Waals surface area contributed by atoms with E-state index in [9.17, 15) is 9.59 Å². The van der Waals surface area contributed by atoms with Gasteiger partial charge in [-0.05, 0) is 12.1 Å². The minimum absolute atomic E-state index is 0.324. The summed E-state index contributed by atoms with van der Waals surface area (Å²) in [4.78, 5) is 22.5. The lowest BCUT2D eigenvalue weighted by Crippen LogP contribution is -2.15. The number of hydrogen-bond donors (Lipinski definition) is 0.